The molecule has 0 bridgehead atoms. The lowest BCUT2D eigenvalue weighted by Crippen LogP contribution is -2.01. The van der Waals surface area contributed by atoms with E-state index in [2.05, 4.69) is 16.0 Å². The molecule has 0 fully saturated rings. The molecule has 0 aliphatic heterocycles. The largest absolute Gasteiger partial charge is 0.496 e. The topological polar surface area (TPSA) is 39.9 Å². The van der Waals surface area contributed by atoms with Gasteiger partial charge in [-0.25, -0.2) is 9.97 Å². The van der Waals surface area contributed by atoms with Crippen LogP contribution in [0.3, 0.4) is 0 Å². The van der Waals surface area contributed by atoms with Gasteiger partial charge in [0.1, 0.15) is 17.1 Å². The molecule has 0 unspecified atom stereocenters. The second-order valence-electron chi connectivity index (χ2n) is 5.01. The number of hydrogen-bond donors (Lipinski definition) is 0. The summed E-state index contributed by atoms with van der Waals surface area (Å²) >= 11 is 6.06. The average molecular weight is 302 g/mol. The van der Waals surface area contributed by atoms with Gasteiger partial charge in [-0.2, -0.15) is 0 Å². The Labute approximate surface area is 128 Å². The number of imidazole rings is 1. The summed E-state index contributed by atoms with van der Waals surface area (Å²) in [5.41, 5.74) is 4.81. The van der Waals surface area contributed by atoms with Crippen molar-refractivity contribution in [2.75, 3.05) is 7.11 Å². The molecule has 2 heterocycles. The molecule has 0 radical (unpaired) electrons. The van der Waals surface area contributed by atoms with Crippen LogP contribution in [0.1, 0.15) is 17.0 Å². The fraction of sp³-hybridized carbons (Fsp3) is 0.250. The van der Waals surface area contributed by atoms with E-state index in [4.69, 9.17) is 16.3 Å². The van der Waals surface area contributed by atoms with Crippen molar-refractivity contribution < 1.29 is 4.74 Å². The summed E-state index contributed by atoms with van der Waals surface area (Å²) in [5.74, 6) is 1.98. The van der Waals surface area contributed by atoms with Crippen molar-refractivity contribution in [3.63, 3.8) is 0 Å². The smallest absolute Gasteiger partial charge is 0.164 e. The summed E-state index contributed by atoms with van der Waals surface area (Å²) in [6.45, 7) is 4.02. The quantitative estimate of drug-likeness (QED) is 0.691. The first kappa shape index (κ1) is 13.9. The minimum Gasteiger partial charge on any atom is -0.496 e. The maximum atomic E-state index is 6.06. The number of aromatic nitrogens is 3. The van der Waals surface area contributed by atoms with Gasteiger partial charge in [0.15, 0.2) is 5.65 Å². The molecule has 5 heteroatoms. The Balaban J connectivity index is 2.25. The molecular weight excluding hydrogens is 286 g/mol. The van der Waals surface area contributed by atoms with E-state index in [0.29, 0.717) is 5.88 Å². The van der Waals surface area contributed by atoms with E-state index in [1.165, 1.54) is 0 Å². The summed E-state index contributed by atoms with van der Waals surface area (Å²) in [7, 11) is 1.67. The Kier molecular flexibility index (Phi) is 3.55. The standard InChI is InChI=1S/C16H16ClN3O/c1-10-6-13-16(18-9-10)20(15(8-17)19-13)12-4-5-14(21-3)11(2)7-12/h4-7,9H,8H2,1-3H3. The number of rotatable bonds is 3. The van der Waals surface area contributed by atoms with Gasteiger partial charge < -0.3 is 4.74 Å². The zero-order valence-electron chi connectivity index (χ0n) is 12.2. The van der Waals surface area contributed by atoms with Crippen LogP contribution in [0.25, 0.3) is 16.9 Å². The molecule has 0 spiro atoms. The van der Waals surface area contributed by atoms with Crippen molar-refractivity contribution >= 4 is 22.8 Å². The number of halogens is 1. The minimum atomic E-state index is 0.334. The molecule has 3 rings (SSSR count). The summed E-state index contributed by atoms with van der Waals surface area (Å²) in [6.07, 6.45) is 1.84. The Hall–Kier alpha value is -2.07. The van der Waals surface area contributed by atoms with Crippen LogP contribution in [0.4, 0.5) is 0 Å². The molecular formula is C16H16ClN3O. The van der Waals surface area contributed by atoms with Crippen molar-refractivity contribution in [2.45, 2.75) is 19.7 Å². The predicted octanol–water partition coefficient (Wildman–Crippen LogP) is 3.78. The maximum Gasteiger partial charge on any atom is 0.164 e. The molecule has 21 heavy (non-hydrogen) atoms. The molecule has 2 aromatic heterocycles. The van der Waals surface area contributed by atoms with Crippen LogP contribution >= 0.6 is 11.6 Å². The highest BCUT2D eigenvalue weighted by Crippen LogP contribution is 2.26. The van der Waals surface area contributed by atoms with Gasteiger partial charge in [-0.15, -0.1) is 11.6 Å². The molecule has 0 N–H and O–H groups in total. The van der Waals surface area contributed by atoms with Crippen LogP contribution < -0.4 is 4.74 Å². The van der Waals surface area contributed by atoms with E-state index in [9.17, 15) is 0 Å². The highest BCUT2D eigenvalue weighted by molar-refractivity contribution is 6.16. The average Bonchev–Trinajstić information content (AvgIpc) is 2.84. The lowest BCUT2D eigenvalue weighted by Gasteiger charge is -2.10. The van der Waals surface area contributed by atoms with Gasteiger partial charge in [-0.1, -0.05) is 0 Å². The maximum absolute atomic E-state index is 6.06. The zero-order chi connectivity index (χ0) is 15.0. The lowest BCUT2D eigenvalue weighted by atomic mass is 10.2. The SMILES string of the molecule is COc1ccc(-n2c(CCl)nc3cc(C)cnc32)cc1C. The van der Waals surface area contributed by atoms with Gasteiger partial charge in [0.2, 0.25) is 0 Å². The number of fused-ring (bicyclic) bond motifs is 1. The first-order chi connectivity index (χ1) is 10.1. The Morgan fingerprint density at radius 1 is 1.24 bits per heavy atom. The van der Waals surface area contributed by atoms with E-state index in [-0.39, 0.29) is 0 Å². The number of ether oxygens (including phenoxy) is 1. The van der Waals surface area contributed by atoms with Crippen LogP contribution in [0.15, 0.2) is 30.5 Å². The van der Waals surface area contributed by atoms with Gasteiger partial charge >= 0.3 is 0 Å². The van der Waals surface area contributed by atoms with Crippen molar-refractivity contribution in [2.24, 2.45) is 0 Å². The van der Waals surface area contributed by atoms with E-state index in [1.807, 2.05) is 42.8 Å². The van der Waals surface area contributed by atoms with Crippen molar-refractivity contribution in [3.05, 3.63) is 47.4 Å². The second-order valence-corrected chi connectivity index (χ2v) is 5.27. The number of nitrogens with zero attached hydrogens (tertiary/aromatic N) is 3. The highest BCUT2D eigenvalue weighted by atomic mass is 35.5. The van der Waals surface area contributed by atoms with Crippen LogP contribution in [-0.2, 0) is 5.88 Å². The molecule has 1 aromatic carbocycles. The van der Waals surface area contributed by atoms with Crippen LogP contribution in [-0.4, -0.2) is 21.6 Å². The fourth-order valence-corrected chi connectivity index (χ4v) is 2.65. The van der Waals surface area contributed by atoms with E-state index >= 15 is 0 Å². The highest BCUT2D eigenvalue weighted by Gasteiger charge is 2.14. The fourth-order valence-electron chi connectivity index (χ4n) is 2.48. The summed E-state index contributed by atoms with van der Waals surface area (Å²) in [5, 5.41) is 0. The first-order valence-corrected chi connectivity index (χ1v) is 7.22. The number of pyridine rings is 1. The summed E-state index contributed by atoms with van der Waals surface area (Å²) < 4.78 is 7.30. The predicted molar refractivity (Wildman–Crippen MR) is 84.4 cm³/mol. The molecule has 0 atom stereocenters. The third-order valence-corrected chi connectivity index (χ3v) is 3.70. The Morgan fingerprint density at radius 2 is 2.05 bits per heavy atom. The van der Waals surface area contributed by atoms with Crippen LogP contribution in [0.5, 0.6) is 5.75 Å². The van der Waals surface area contributed by atoms with E-state index in [0.717, 1.165) is 39.6 Å². The van der Waals surface area contributed by atoms with Gasteiger partial charge in [0, 0.05) is 11.9 Å². The molecule has 4 nitrogen and oxygen atoms in total. The zero-order valence-corrected chi connectivity index (χ0v) is 13.0. The van der Waals surface area contributed by atoms with Gasteiger partial charge in [0.25, 0.3) is 0 Å². The number of hydrogen-bond acceptors (Lipinski definition) is 3. The van der Waals surface area contributed by atoms with E-state index < -0.39 is 0 Å². The van der Waals surface area contributed by atoms with E-state index in [1.54, 1.807) is 7.11 Å². The summed E-state index contributed by atoms with van der Waals surface area (Å²) in [4.78, 5) is 9.09. The van der Waals surface area contributed by atoms with Crippen molar-refractivity contribution in [1.82, 2.24) is 14.5 Å². The normalized spacial score (nSPS) is 11.0. The van der Waals surface area contributed by atoms with Crippen LogP contribution in [0, 0.1) is 13.8 Å². The minimum absolute atomic E-state index is 0.334. The number of aryl methyl sites for hydroxylation is 2. The molecule has 0 aliphatic rings. The van der Waals surface area contributed by atoms with Gasteiger partial charge in [-0.05, 0) is 49.2 Å². The number of benzene rings is 1. The lowest BCUT2D eigenvalue weighted by molar-refractivity contribution is 0.411. The number of methoxy groups -OCH3 is 1. The van der Waals surface area contributed by atoms with Crippen molar-refractivity contribution in [3.8, 4) is 11.4 Å². The first-order valence-electron chi connectivity index (χ1n) is 6.69. The molecule has 0 saturated heterocycles. The third kappa shape index (κ3) is 2.36. The Bertz CT molecular complexity index is 811. The van der Waals surface area contributed by atoms with Crippen LogP contribution in [0.2, 0.25) is 0 Å². The summed E-state index contributed by atoms with van der Waals surface area (Å²) in [6, 6.07) is 8.01. The van der Waals surface area contributed by atoms with Gasteiger partial charge in [0.05, 0.1) is 13.0 Å². The Morgan fingerprint density at radius 3 is 2.71 bits per heavy atom. The molecule has 3 aromatic rings. The molecule has 108 valence electrons. The number of alkyl halides is 1. The molecule has 0 saturated carbocycles. The van der Waals surface area contributed by atoms with Crippen molar-refractivity contribution in [1.29, 1.82) is 0 Å². The second kappa shape index (κ2) is 5.37. The third-order valence-electron chi connectivity index (χ3n) is 3.46. The monoisotopic (exact) mass is 301 g/mol. The van der Waals surface area contributed by atoms with Gasteiger partial charge in [-0.3, -0.25) is 4.57 Å². The molecule has 0 amide bonds. The molecule has 0 aliphatic carbocycles.